The second kappa shape index (κ2) is 4.58. The largest absolute Gasteiger partial charge is 0.506 e. The molecule has 0 fully saturated rings. The van der Waals surface area contributed by atoms with E-state index in [0.29, 0.717) is 15.9 Å². The number of phenolic OH excluding ortho intramolecular Hbond substituents is 1. The molecule has 2 aromatic rings. The number of nitrogens with zero attached hydrogens (tertiary/aromatic N) is 2. The van der Waals surface area contributed by atoms with Gasteiger partial charge in [-0.1, -0.05) is 11.6 Å². The van der Waals surface area contributed by atoms with Crippen LogP contribution in [-0.4, -0.2) is 15.1 Å². The highest BCUT2D eigenvalue weighted by molar-refractivity contribution is 9.10. The molecule has 2 rings (SSSR count). The van der Waals surface area contributed by atoms with E-state index in [1.54, 1.807) is 6.92 Å². The van der Waals surface area contributed by atoms with Crippen LogP contribution in [0.15, 0.2) is 22.9 Å². The minimum atomic E-state index is -0.549. The molecular formula is C11H7BrClFN2O. The zero-order valence-electron chi connectivity index (χ0n) is 8.71. The second-order valence-electron chi connectivity index (χ2n) is 3.41. The summed E-state index contributed by atoms with van der Waals surface area (Å²) in [5.41, 5.74) is 1.23. The average molecular weight is 318 g/mol. The van der Waals surface area contributed by atoms with Crippen molar-refractivity contribution in [2.24, 2.45) is 0 Å². The SMILES string of the molecule is Cc1ncnc(-c2cc(O)c(Cl)cc2F)c1Br. The maximum atomic E-state index is 13.8. The molecule has 0 aliphatic carbocycles. The molecule has 0 saturated carbocycles. The van der Waals surface area contributed by atoms with Crippen LogP contribution in [0.1, 0.15) is 5.69 Å². The number of aromatic nitrogens is 2. The molecule has 0 spiro atoms. The van der Waals surface area contributed by atoms with Crippen LogP contribution >= 0.6 is 27.5 Å². The number of aryl methyl sites for hydroxylation is 1. The first-order valence-electron chi connectivity index (χ1n) is 4.66. The van der Waals surface area contributed by atoms with Gasteiger partial charge in [-0.25, -0.2) is 14.4 Å². The summed E-state index contributed by atoms with van der Waals surface area (Å²) in [6, 6.07) is 2.29. The maximum Gasteiger partial charge on any atom is 0.135 e. The first-order chi connectivity index (χ1) is 8.00. The molecule has 6 heteroatoms. The molecule has 0 bridgehead atoms. The van der Waals surface area contributed by atoms with Crippen molar-refractivity contribution in [3.8, 4) is 17.0 Å². The topological polar surface area (TPSA) is 46.0 Å². The summed E-state index contributed by atoms with van der Waals surface area (Å²) in [7, 11) is 0. The highest BCUT2D eigenvalue weighted by Crippen LogP contribution is 2.35. The number of rotatable bonds is 1. The van der Waals surface area contributed by atoms with Gasteiger partial charge in [0.2, 0.25) is 0 Å². The van der Waals surface area contributed by atoms with Crippen molar-refractivity contribution in [2.45, 2.75) is 6.92 Å². The molecule has 0 atom stereocenters. The molecule has 0 saturated heterocycles. The third kappa shape index (κ3) is 2.25. The number of benzene rings is 1. The Morgan fingerprint density at radius 3 is 2.76 bits per heavy atom. The van der Waals surface area contributed by atoms with Gasteiger partial charge in [-0.05, 0) is 35.0 Å². The van der Waals surface area contributed by atoms with Crippen LogP contribution in [0.25, 0.3) is 11.3 Å². The third-order valence-corrected chi connectivity index (χ3v) is 3.51. The van der Waals surface area contributed by atoms with Gasteiger partial charge in [0.1, 0.15) is 17.9 Å². The molecule has 0 aliphatic rings. The molecule has 3 nitrogen and oxygen atoms in total. The Bertz CT molecular complexity index is 592. The lowest BCUT2D eigenvalue weighted by molar-refractivity contribution is 0.474. The fourth-order valence-corrected chi connectivity index (χ4v) is 1.93. The smallest absolute Gasteiger partial charge is 0.135 e. The van der Waals surface area contributed by atoms with E-state index in [4.69, 9.17) is 11.6 Å². The van der Waals surface area contributed by atoms with Crippen LogP contribution in [0, 0.1) is 12.7 Å². The van der Waals surface area contributed by atoms with Crippen molar-refractivity contribution in [3.05, 3.63) is 39.5 Å². The summed E-state index contributed by atoms with van der Waals surface area (Å²) in [6.07, 6.45) is 1.33. The van der Waals surface area contributed by atoms with Crippen LogP contribution in [0.4, 0.5) is 4.39 Å². The zero-order chi connectivity index (χ0) is 12.6. The summed E-state index contributed by atoms with van der Waals surface area (Å²) in [4.78, 5) is 7.95. The van der Waals surface area contributed by atoms with Crippen LogP contribution in [0.2, 0.25) is 5.02 Å². The third-order valence-electron chi connectivity index (χ3n) is 2.26. The summed E-state index contributed by atoms with van der Waals surface area (Å²) in [6.45, 7) is 1.77. The summed E-state index contributed by atoms with van der Waals surface area (Å²) >= 11 is 8.90. The Hall–Kier alpha value is -1.20. The van der Waals surface area contributed by atoms with E-state index >= 15 is 0 Å². The Morgan fingerprint density at radius 1 is 1.35 bits per heavy atom. The molecular weight excluding hydrogens is 310 g/mol. The van der Waals surface area contributed by atoms with Crippen molar-refractivity contribution in [1.29, 1.82) is 0 Å². The van der Waals surface area contributed by atoms with E-state index in [-0.39, 0.29) is 16.3 Å². The van der Waals surface area contributed by atoms with Gasteiger partial charge in [0.25, 0.3) is 0 Å². The van der Waals surface area contributed by atoms with Gasteiger partial charge in [-0.15, -0.1) is 0 Å². The average Bonchev–Trinajstić information content (AvgIpc) is 2.28. The van der Waals surface area contributed by atoms with E-state index in [9.17, 15) is 9.50 Å². The summed E-state index contributed by atoms with van der Waals surface area (Å²) < 4.78 is 14.3. The molecule has 1 aromatic carbocycles. The predicted molar refractivity (Wildman–Crippen MR) is 66.5 cm³/mol. The molecule has 1 N–H and O–H groups in total. The number of hydrogen-bond donors (Lipinski definition) is 1. The molecule has 0 amide bonds. The van der Waals surface area contributed by atoms with Crippen molar-refractivity contribution >= 4 is 27.5 Å². The molecule has 0 radical (unpaired) electrons. The van der Waals surface area contributed by atoms with Crippen LogP contribution < -0.4 is 0 Å². The van der Waals surface area contributed by atoms with Crippen LogP contribution in [0.3, 0.4) is 0 Å². The van der Waals surface area contributed by atoms with E-state index < -0.39 is 5.82 Å². The fourth-order valence-electron chi connectivity index (χ4n) is 1.36. The van der Waals surface area contributed by atoms with Crippen molar-refractivity contribution in [2.75, 3.05) is 0 Å². The number of aromatic hydroxyl groups is 1. The van der Waals surface area contributed by atoms with Crippen molar-refractivity contribution in [3.63, 3.8) is 0 Å². The van der Waals surface area contributed by atoms with Crippen molar-refractivity contribution in [1.82, 2.24) is 9.97 Å². The van der Waals surface area contributed by atoms with Gasteiger partial charge in [0.05, 0.1) is 20.9 Å². The predicted octanol–water partition coefficient (Wildman–Crippen LogP) is 3.71. The summed E-state index contributed by atoms with van der Waals surface area (Å²) in [5.74, 6) is -0.738. The lowest BCUT2D eigenvalue weighted by Gasteiger charge is -2.08. The van der Waals surface area contributed by atoms with Gasteiger partial charge in [-0.3, -0.25) is 0 Å². The van der Waals surface area contributed by atoms with E-state index in [1.165, 1.54) is 12.4 Å². The first-order valence-corrected chi connectivity index (χ1v) is 5.83. The lowest BCUT2D eigenvalue weighted by Crippen LogP contribution is -1.94. The summed E-state index contributed by atoms with van der Waals surface area (Å²) in [5, 5.41) is 9.45. The van der Waals surface area contributed by atoms with E-state index in [1.807, 2.05) is 0 Å². The Kier molecular flexibility index (Phi) is 3.31. The fraction of sp³-hybridized carbons (Fsp3) is 0.0909. The van der Waals surface area contributed by atoms with Gasteiger partial charge in [0.15, 0.2) is 0 Å². The van der Waals surface area contributed by atoms with E-state index in [2.05, 4.69) is 25.9 Å². The Labute approximate surface area is 110 Å². The second-order valence-corrected chi connectivity index (χ2v) is 4.61. The number of halogens is 3. The van der Waals surface area contributed by atoms with Gasteiger partial charge in [0, 0.05) is 5.56 Å². The Morgan fingerprint density at radius 2 is 2.06 bits per heavy atom. The quantitative estimate of drug-likeness (QED) is 0.872. The zero-order valence-corrected chi connectivity index (χ0v) is 11.0. The normalized spacial score (nSPS) is 10.6. The molecule has 17 heavy (non-hydrogen) atoms. The first kappa shape index (κ1) is 12.3. The van der Waals surface area contributed by atoms with Crippen LogP contribution in [-0.2, 0) is 0 Å². The maximum absolute atomic E-state index is 13.8. The molecule has 88 valence electrons. The van der Waals surface area contributed by atoms with Gasteiger partial charge < -0.3 is 5.11 Å². The van der Waals surface area contributed by atoms with Crippen LogP contribution in [0.5, 0.6) is 5.75 Å². The molecule has 1 heterocycles. The minimum absolute atomic E-state index is 0.0341. The highest BCUT2D eigenvalue weighted by Gasteiger charge is 2.15. The van der Waals surface area contributed by atoms with E-state index in [0.717, 1.165) is 6.07 Å². The highest BCUT2D eigenvalue weighted by atomic mass is 79.9. The standard InChI is InChI=1S/C11H7BrClFN2O/c1-5-10(12)11(16-4-15-5)6-2-9(17)7(13)3-8(6)14/h2-4,17H,1H3. The monoisotopic (exact) mass is 316 g/mol. The number of hydrogen-bond acceptors (Lipinski definition) is 3. The molecule has 0 aliphatic heterocycles. The van der Waals surface area contributed by atoms with Gasteiger partial charge >= 0.3 is 0 Å². The lowest BCUT2D eigenvalue weighted by atomic mass is 10.1. The van der Waals surface area contributed by atoms with Gasteiger partial charge in [-0.2, -0.15) is 0 Å². The number of phenols is 1. The Balaban J connectivity index is 2.69. The molecule has 0 unspecified atom stereocenters. The minimum Gasteiger partial charge on any atom is -0.506 e. The molecule has 1 aromatic heterocycles. The van der Waals surface area contributed by atoms with Crippen molar-refractivity contribution < 1.29 is 9.50 Å².